The van der Waals surface area contributed by atoms with Gasteiger partial charge in [-0.15, -0.1) is 0 Å². The first kappa shape index (κ1) is 29.1. The minimum atomic E-state index is -3.69. The van der Waals surface area contributed by atoms with E-state index >= 15 is 0 Å². The third-order valence-electron chi connectivity index (χ3n) is 7.14. The van der Waals surface area contributed by atoms with E-state index < -0.39 is 21.8 Å². The Hall–Kier alpha value is -4.41. The maximum atomic E-state index is 13.5. The summed E-state index contributed by atoms with van der Waals surface area (Å²) >= 11 is 0. The van der Waals surface area contributed by atoms with Gasteiger partial charge in [0.05, 0.1) is 42.6 Å². The Bertz CT molecular complexity index is 1710. The summed E-state index contributed by atoms with van der Waals surface area (Å²) in [5.41, 5.74) is 2.76. The standard InChI is InChI=1S/C30H29N5O6S/c1-21-26(29(36)34(14-15-40-2)30(37)27(21)19-31)18-23-20-35(24-6-4-3-5-7-24)32-28(23)22-8-10-25(11-9-22)42(38,39)33-12-16-41-17-13-33/h3-11,18,20H,12-17H2,1-2H3/b26-18+. The third-order valence-corrected chi connectivity index (χ3v) is 9.06. The first-order valence-electron chi connectivity index (χ1n) is 13.3. The van der Waals surface area contributed by atoms with E-state index in [9.17, 15) is 23.3 Å². The van der Waals surface area contributed by atoms with Crippen molar-refractivity contribution >= 4 is 27.9 Å². The highest BCUT2D eigenvalue weighted by atomic mass is 32.2. The number of morpholine rings is 1. The number of aromatic nitrogens is 2. The number of ether oxygens (including phenoxy) is 2. The molecular formula is C30H29N5O6S. The van der Waals surface area contributed by atoms with Gasteiger partial charge in [-0.25, -0.2) is 13.1 Å². The molecule has 0 saturated carbocycles. The normalized spacial score (nSPS) is 17.6. The van der Waals surface area contributed by atoms with Gasteiger partial charge in [-0.05, 0) is 42.8 Å². The molecule has 0 N–H and O–H groups in total. The summed E-state index contributed by atoms with van der Waals surface area (Å²) in [6.45, 7) is 2.97. The van der Waals surface area contributed by atoms with E-state index in [2.05, 4.69) is 0 Å². The lowest BCUT2D eigenvalue weighted by molar-refractivity contribution is -0.141. The topological polar surface area (TPSA) is 135 Å². The number of rotatable bonds is 8. The Labute approximate surface area is 243 Å². The van der Waals surface area contributed by atoms with Crippen LogP contribution >= 0.6 is 0 Å². The molecule has 42 heavy (non-hydrogen) atoms. The minimum Gasteiger partial charge on any atom is -0.383 e. The maximum absolute atomic E-state index is 13.5. The van der Waals surface area contributed by atoms with Gasteiger partial charge < -0.3 is 9.47 Å². The van der Waals surface area contributed by atoms with Gasteiger partial charge in [-0.2, -0.15) is 14.7 Å². The van der Waals surface area contributed by atoms with Crippen LogP contribution < -0.4 is 0 Å². The predicted molar refractivity (Wildman–Crippen MR) is 153 cm³/mol. The molecule has 0 spiro atoms. The second kappa shape index (κ2) is 12.2. The highest BCUT2D eigenvalue weighted by Gasteiger charge is 2.35. The molecule has 2 aliphatic rings. The van der Waals surface area contributed by atoms with Crippen molar-refractivity contribution in [1.29, 1.82) is 5.26 Å². The predicted octanol–water partition coefficient (Wildman–Crippen LogP) is 2.80. The van der Waals surface area contributed by atoms with Crippen molar-refractivity contribution in [2.24, 2.45) is 0 Å². The number of carbonyl (C=O) groups is 2. The molecule has 1 saturated heterocycles. The second-order valence-corrected chi connectivity index (χ2v) is 11.6. The fourth-order valence-corrected chi connectivity index (χ4v) is 6.23. The molecule has 2 aliphatic heterocycles. The summed E-state index contributed by atoms with van der Waals surface area (Å²) in [7, 11) is -2.23. The van der Waals surface area contributed by atoms with Gasteiger partial charge in [0.2, 0.25) is 10.0 Å². The van der Waals surface area contributed by atoms with E-state index in [-0.39, 0.29) is 34.8 Å². The van der Waals surface area contributed by atoms with Crippen LogP contribution in [0.3, 0.4) is 0 Å². The van der Waals surface area contributed by atoms with Crippen LogP contribution in [0.1, 0.15) is 12.5 Å². The number of nitriles is 1. The van der Waals surface area contributed by atoms with Crippen LogP contribution in [-0.2, 0) is 29.1 Å². The molecule has 0 bridgehead atoms. The van der Waals surface area contributed by atoms with Crippen LogP contribution in [0.25, 0.3) is 23.0 Å². The number of sulfonamides is 1. The lowest BCUT2D eigenvalue weighted by Crippen LogP contribution is -2.44. The highest BCUT2D eigenvalue weighted by molar-refractivity contribution is 7.89. The number of benzene rings is 2. The van der Waals surface area contributed by atoms with Crippen LogP contribution in [0.4, 0.5) is 0 Å². The Morgan fingerprint density at radius 2 is 1.74 bits per heavy atom. The van der Waals surface area contributed by atoms with Crippen LogP contribution in [0.15, 0.2) is 82.4 Å². The van der Waals surface area contributed by atoms with Crippen molar-refractivity contribution in [3.05, 3.63) is 83.1 Å². The third kappa shape index (κ3) is 5.55. The number of nitrogens with zero attached hydrogens (tertiary/aromatic N) is 5. The molecule has 0 radical (unpaired) electrons. The molecule has 3 aromatic rings. The molecule has 11 nitrogen and oxygen atoms in total. The second-order valence-electron chi connectivity index (χ2n) is 9.68. The van der Waals surface area contributed by atoms with Crippen LogP contribution in [0.5, 0.6) is 0 Å². The number of imide groups is 1. The van der Waals surface area contributed by atoms with Crippen molar-refractivity contribution in [3.8, 4) is 23.0 Å². The minimum absolute atomic E-state index is 0.000814. The fraction of sp³-hybridized carbons (Fsp3) is 0.267. The monoisotopic (exact) mass is 587 g/mol. The zero-order valence-corrected chi connectivity index (χ0v) is 24.0. The van der Waals surface area contributed by atoms with Gasteiger partial charge in [0.15, 0.2) is 0 Å². The Kier molecular flexibility index (Phi) is 8.46. The van der Waals surface area contributed by atoms with E-state index in [0.717, 1.165) is 10.6 Å². The molecule has 12 heteroatoms. The van der Waals surface area contributed by atoms with E-state index in [0.29, 0.717) is 43.1 Å². The van der Waals surface area contributed by atoms with Crippen molar-refractivity contribution < 1.29 is 27.5 Å². The molecule has 3 heterocycles. The Balaban J connectivity index is 1.60. The summed E-state index contributed by atoms with van der Waals surface area (Å²) < 4.78 is 39.7. The summed E-state index contributed by atoms with van der Waals surface area (Å²) in [5.74, 6) is -1.20. The zero-order valence-electron chi connectivity index (χ0n) is 23.2. The number of amides is 2. The molecule has 5 rings (SSSR count). The molecule has 2 amide bonds. The Morgan fingerprint density at radius 3 is 2.38 bits per heavy atom. The lowest BCUT2D eigenvalue weighted by Gasteiger charge is -2.27. The van der Waals surface area contributed by atoms with Gasteiger partial charge in [-0.3, -0.25) is 14.5 Å². The van der Waals surface area contributed by atoms with Crippen molar-refractivity contribution in [1.82, 2.24) is 19.0 Å². The van der Waals surface area contributed by atoms with Gasteiger partial charge in [0.25, 0.3) is 11.8 Å². The van der Waals surface area contributed by atoms with Crippen LogP contribution in [-0.4, -0.2) is 85.8 Å². The molecule has 0 aliphatic carbocycles. The zero-order chi connectivity index (χ0) is 29.9. The quantitative estimate of drug-likeness (QED) is 0.290. The van der Waals surface area contributed by atoms with E-state index in [1.165, 1.54) is 23.5 Å². The van der Waals surface area contributed by atoms with Gasteiger partial charge in [0, 0.05) is 43.1 Å². The molecule has 0 unspecified atom stereocenters. The van der Waals surface area contributed by atoms with E-state index in [1.54, 1.807) is 36.0 Å². The summed E-state index contributed by atoms with van der Waals surface area (Å²) in [6.07, 6.45) is 3.36. The van der Waals surface area contributed by atoms with Gasteiger partial charge in [0.1, 0.15) is 11.6 Å². The van der Waals surface area contributed by atoms with Crippen molar-refractivity contribution in [2.75, 3.05) is 46.6 Å². The highest BCUT2D eigenvalue weighted by Crippen LogP contribution is 2.32. The number of methoxy groups -OCH3 is 1. The fourth-order valence-electron chi connectivity index (χ4n) is 4.82. The first-order chi connectivity index (χ1) is 20.3. The summed E-state index contributed by atoms with van der Waals surface area (Å²) in [6, 6.07) is 17.7. The van der Waals surface area contributed by atoms with E-state index in [4.69, 9.17) is 14.6 Å². The summed E-state index contributed by atoms with van der Waals surface area (Å²) in [5, 5.41) is 14.5. The smallest absolute Gasteiger partial charge is 0.271 e. The van der Waals surface area contributed by atoms with Crippen molar-refractivity contribution in [2.45, 2.75) is 11.8 Å². The maximum Gasteiger partial charge on any atom is 0.271 e. The van der Waals surface area contributed by atoms with Gasteiger partial charge >= 0.3 is 0 Å². The molecule has 2 aromatic carbocycles. The number of hydrogen-bond acceptors (Lipinski definition) is 8. The molecule has 0 atom stereocenters. The molecule has 1 aromatic heterocycles. The Morgan fingerprint density at radius 1 is 1.05 bits per heavy atom. The van der Waals surface area contributed by atoms with Crippen molar-refractivity contribution in [3.63, 3.8) is 0 Å². The van der Waals surface area contributed by atoms with Gasteiger partial charge in [-0.1, -0.05) is 30.3 Å². The lowest BCUT2D eigenvalue weighted by atomic mass is 9.93. The average molecular weight is 588 g/mol. The summed E-state index contributed by atoms with van der Waals surface area (Å²) in [4.78, 5) is 27.5. The SMILES string of the molecule is COCCN1C(=O)C(C#N)=C(C)/C(=C\c2cn(-c3ccccc3)nc2-c2ccc(S(=O)(=O)N3CCOCC3)cc2)C1=O. The van der Waals surface area contributed by atoms with E-state index in [1.807, 2.05) is 36.4 Å². The molecular weight excluding hydrogens is 558 g/mol. The first-order valence-corrected chi connectivity index (χ1v) is 14.7. The average Bonchev–Trinajstić information content (AvgIpc) is 3.44. The molecule has 216 valence electrons. The largest absolute Gasteiger partial charge is 0.383 e. The van der Waals surface area contributed by atoms with Crippen LogP contribution in [0, 0.1) is 11.3 Å². The number of para-hydroxylation sites is 1. The van der Waals surface area contributed by atoms with Crippen LogP contribution in [0.2, 0.25) is 0 Å². The molecule has 1 fully saturated rings. The number of carbonyl (C=O) groups excluding carboxylic acids is 2. The number of hydrogen-bond donors (Lipinski definition) is 0.